The number of carboxylic acid groups (broad SMARTS) is 1. The summed E-state index contributed by atoms with van der Waals surface area (Å²) in [7, 11) is 0. The van der Waals surface area contributed by atoms with Crippen molar-refractivity contribution in [1.82, 2.24) is 16.0 Å². The maximum Gasteiger partial charge on any atom is 0.325 e. The molecule has 0 aliphatic rings. The zero-order valence-electron chi connectivity index (χ0n) is 18.1. The Morgan fingerprint density at radius 2 is 1.52 bits per heavy atom. The summed E-state index contributed by atoms with van der Waals surface area (Å²) in [5, 5.41) is 16.3. The highest BCUT2D eigenvalue weighted by molar-refractivity contribution is 7.80. The molecule has 0 saturated carbocycles. The van der Waals surface area contributed by atoms with Crippen molar-refractivity contribution in [2.45, 2.75) is 64.2 Å². The number of aliphatic imine (C=N–C) groups is 1. The summed E-state index contributed by atoms with van der Waals surface area (Å²) in [4.78, 5) is 52.1. The number of carboxylic acids is 1. The number of thiol groups is 1. The molecule has 0 rings (SSSR count). The average molecular weight is 462 g/mol. The van der Waals surface area contributed by atoms with Gasteiger partial charge in [-0.3, -0.25) is 24.2 Å². The number of carbonyl (C=O) groups is 4. The first-order chi connectivity index (χ1) is 14.4. The smallest absolute Gasteiger partial charge is 0.325 e. The van der Waals surface area contributed by atoms with Crippen molar-refractivity contribution in [2.24, 2.45) is 28.1 Å². The molecule has 0 radical (unpaired) electrons. The van der Waals surface area contributed by atoms with E-state index in [-0.39, 0.29) is 17.6 Å². The van der Waals surface area contributed by atoms with Gasteiger partial charge < -0.3 is 38.3 Å². The van der Waals surface area contributed by atoms with E-state index < -0.39 is 47.9 Å². The summed E-state index contributed by atoms with van der Waals surface area (Å²) in [6.45, 7) is 5.37. The van der Waals surface area contributed by atoms with E-state index >= 15 is 0 Å². The van der Waals surface area contributed by atoms with Crippen LogP contribution in [0.1, 0.15) is 40.0 Å². The molecular weight excluding hydrogens is 426 g/mol. The molecule has 0 saturated heterocycles. The van der Waals surface area contributed by atoms with Crippen molar-refractivity contribution in [3.05, 3.63) is 0 Å². The molecule has 4 atom stereocenters. The van der Waals surface area contributed by atoms with Crippen LogP contribution in [0.2, 0.25) is 0 Å². The van der Waals surface area contributed by atoms with Gasteiger partial charge in [0.25, 0.3) is 0 Å². The van der Waals surface area contributed by atoms with Crippen molar-refractivity contribution in [1.29, 1.82) is 0 Å². The molecule has 0 fully saturated rings. The number of amides is 3. The van der Waals surface area contributed by atoms with Gasteiger partial charge in [0, 0.05) is 12.3 Å². The average Bonchev–Trinajstić information content (AvgIpc) is 2.67. The topological polar surface area (TPSA) is 215 Å². The van der Waals surface area contributed by atoms with Gasteiger partial charge in [0.15, 0.2) is 5.96 Å². The van der Waals surface area contributed by atoms with Gasteiger partial charge in [-0.1, -0.05) is 13.8 Å². The number of nitrogens with one attached hydrogen (secondary N) is 3. The molecule has 13 heteroatoms. The molecule has 3 amide bonds. The van der Waals surface area contributed by atoms with Gasteiger partial charge in [-0.25, -0.2) is 0 Å². The molecule has 0 bridgehead atoms. The number of aliphatic carboxylic acids is 1. The minimum Gasteiger partial charge on any atom is -0.480 e. The molecule has 178 valence electrons. The SMILES string of the molecule is CC(C)CC(NC(=O)C(N)CCCN=C(N)N)C(=O)NC(CS)C(=O)NC(C)C(=O)O. The normalized spacial score (nSPS) is 14.6. The molecule has 12 nitrogen and oxygen atoms in total. The highest BCUT2D eigenvalue weighted by atomic mass is 32.1. The molecule has 0 aromatic carbocycles. The Morgan fingerprint density at radius 1 is 0.968 bits per heavy atom. The molecule has 0 aliphatic carbocycles. The Kier molecular flexibility index (Phi) is 13.3. The zero-order chi connectivity index (χ0) is 24.1. The van der Waals surface area contributed by atoms with E-state index in [1.165, 1.54) is 6.92 Å². The van der Waals surface area contributed by atoms with Gasteiger partial charge in [0.2, 0.25) is 17.7 Å². The van der Waals surface area contributed by atoms with Crippen LogP contribution in [0.15, 0.2) is 4.99 Å². The number of rotatable bonds is 14. The summed E-state index contributed by atoms with van der Waals surface area (Å²) in [6, 6.07) is -3.99. The predicted molar refractivity (Wildman–Crippen MR) is 120 cm³/mol. The molecule has 0 aromatic heterocycles. The van der Waals surface area contributed by atoms with Crippen LogP contribution < -0.4 is 33.2 Å². The summed E-state index contributed by atoms with van der Waals surface area (Å²) in [5.74, 6) is -3.06. The predicted octanol–water partition coefficient (Wildman–Crippen LogP) is -2.10. The lowest BCUT2D eigenvalue weighted by Gasteiger charge is -2.25. The van der Waals surface area contributed by atoms with E-state index in [1.807, 2.05) is 13.8 Å². The van der Waals surface area contributed by atoms with Crippen LogP contribution in [0.5, 0.6) is 0 Å². The monoisotopic (exact) mass is 461 g/mol. The quantitative estimate of drug-likeness (QED) is 0.0619. The number of guanidine groups is 1. The van der Waals surface area contributed by atoms with Crippen LogP contribution >= 0.6 is 12.6 Å². The van der Waals surface area contributed by atoms with Crippen molar-refractivity contribution >= 4 is 42.3 Å². The van der Waals surface area contributed by atoms with Gasteiger partial charge in [-0.2, -0.15) is 12.6 Å². The fourth-order valence-corrected chi connectivity index (χ4v) is 2.73. The second kappa shape index (κ2) is 14.5. The van der Waals surface area contributed by atoms with Gasteiger partial charge in [-0.15, -0.1) is 0 Å². The lowest BCUT2D eigenvalue weighted by molar-refractivity contribution is -0.141. The van der Waals surface area contributed by atoms with Crippen LogP contribution in [-0.4, -0.2) is 71.2 Å². The molecule has 0 aliphatic heterocycles. The highest BCUT2D eigenvalue weighted by Crippen LogP contribution is 2.07. The first-order valence-corrected chi connectivity index (χ1v) is 10.6. The third-order valence-electron chi connectivity index (χ3n) is 4.19. The maximum absolute atomic E-state index is 12.7. The second-order valence-electron chi connectivity index (χ2n) is 7.56. The number of hydrogen-bond acceptors (Lipinski definition) is 7. The van der Waals surface area contributed by atoms with E-state index in [4.69, 9.17) is 22.3 Å². The number of carbonyl (C=O) groups excluding carboxylic acids is 3. The van der Waals surface area contributed by atoms with Crippen LogP contribution in [0.3, 0.4) is 0 Å². The minimum absolute atomic E-state index is 0.0489. The second-order valence-corrected chi connectivity index (χ2v) is 7.92. The molecule has 10 N–H and O–H groups in total. The van der Waals surface area contributed by atoms with Crippen LogP contribution in [0.4, 0.5) is 0 Å². The van der Waals surface area contributed by atoms with Crippen molar-refractivity contribution in [3.8, 4) is 0 Å². The Bertz CT molecular complexity index is 655. The molecule has 0 aromatic rings. The molecule has 31 heavy (non-hydrogen) atoms. The highest BCUT2D eigenvalue weighted by Gasteiger charge is 2.29. The lowest BCUT2D eigenvalue weighted by Crippen LogP contribution is -2.57. The Balaban J connectivity index is 5.01. The zero-order valence-corrected chi connectivity index (χ0v) is 19.0. The Hall–Kier alpha value is -2.54. The summed E-state index contributed by atoms with van der Waals surface area (Å²) in [6.07, 6.45) is 1.11. The van der Waals surface area contributed by atoms with E-state index in [2.05, 4.69) is 33.6 Å². The number of hydrogen-bond donors (Lipinski definition) is 8. The minimum atomic E-state index is -1.21. The van der Waals surface area contributed by atoms with Crippen LogP contribution in [-0.2, 0) is 19.2 Å². The maximum atomic E-state index is 12.7. The van der Waals surface area contributed by atoms with Gasteiger partial charge in [0.1, 0.15) is 18.1 Å². The molecular formula is C18H35N7O5S. The van der Waals surface area contributed by atoms with E-state index in [1.54, 1.807) is 0 Å². The van der Waals surface area contributed by atoms with Gasteiger partial charge in [-0.05, 0) is 32.1 Å². The van der Waals surface area contributed by atoms with Crippen LogP contribution in [0, 0.1) is 5.92 Å². The summed E-state index contributed by atoms with van der Waals surface area (Å²) in [5.41, 5.74) is 16.4. The molecule has 4 unspecified atom stereocenters. The fourth-order valence-electron chi connectivity index (χ4n) is 2.47. The van der Waals surface area contributed by atoms with Gasteiger partial charge in [0.05, 0.1) is 6.04 Å². The number of nitrogens with two attached hydrogens (primary N) is 3. The Morgan fingerprint density at radius 3 is 2.00 bits per heavy atom. The summed E-state index contributed by atoms with van der Waals surface area (Å²) >= 11 is 4.05. The van der Waals surface area contributed by atoms with E-state index in [0.29, 0.717) is 25.8 Å². The third-order valence-corrected chi connectivity index (χ3v) is 4.55. The molecule has 0 heterocycles. The first kappa shape index (κ1) is 28.5. The standard InChI is InChI=1S/C18H35N7O5S/c1-9(2)7-12(24-14(26)11(19)5-4-6-22-18(20)21)15(27)25-13(8-31)16(28)23-10(3)17(29)30/h9-13,31H,4-8,19H2,1-3H3,(H,23,28)(H,24,26)(H,25,27)(H,29,30)(H4,20,21,22). The molecule has 0 spiro atoms. The van der Waals surface area contributed by atoms with Crippen molar-refractivity contribution in [2.75, 3.05) is 12.3 Å². The van der Waals surface area contributed by atoms with Gasteiger partial charge >= 0.3 is 5.97 Å². The largest absolute Gasteiger partial charge is 0.480 e. The first-order valence-electron chi connectivity index (χ1n) is 9.94. The van der Waals surface area contributed by atoms with Crippen LogP contribution in [0.25, 0.3) is 0 Å². The fraction of sp³-hybridized carbons (Fsp3) is 0.722. The number of nitrogens with zero attached hydrogens (tertiary/aromatic N) is 1. The lowest BCUT2D eigenvalue weighted by atomic mass is 10.0. The van der Waals surface area contributed by atoms with Crippen molar-refractivity contribution in [3.63, 3.8) is 0 Å². The Labute approximate surface area is 187 Å². The van der Waals surface area contributed by atoms with E-state index in [0.717, 1.165) is 0 Å². The third kappa shape index (κ3) is 12.0. The summed E-state index contributed by atoms with van der Waals surface area (Å²) < 4.78 is 0. The van der Waals surface area contributed by atoms with E-state index in [9.17, 15) is 19.2 Å². The van der Waals surface area contributed by atoms with Crippen molar-refractivity contribution < 1.29 is 24.3 Å².